The fourth-order valence-electron chi connectivity index (χ4n) is 3.07. The molecule has 174 valence electrons. The Labute approximate surface area is 201 Å². The lowest BCUT2D eigenvalue weighted by Crippen LogP contribution is -2.56. The second kappa shape index (κ2) is 12.0. The SMILES string of the molecule is [2H]N(C(=O)OCc1ccccc1)[C@@H](Cc1ccccc1)C(=O)NC(C(=O)OC)C1C=C(Br)NO1. The molecule has 3 atom stereocenters. The topological polar surface area (TPSA) is 115 Å². The van der Waals surface area contributed by atoms with Gasteiger partial charge in [-0.15, -0.1) is 0 Å². The van der Waals surface area contributed by atoms with Crippen LogP contribution in [0.25, 0.3) is 0 Å². The predicted molar refractivity (Wildman–Crippen MR) is 123 cm³/mol. The Morgan fingerprint density at radius 3 is 2.33 bits per heavy atom. The second-order valence-corrected chi connectivity index (χ2v) is 7.94. The monoisotopic (exact) mass is 518 g/mol. The molecule has 10 heteroatoms. The van der Waals surface area contributed by atoms with Crippen molar-refractivity contribution in [3.8, 4) is 0 Å². The van der Waals surface area contributed by atoms with Gasteiger partial charge in [-0.05, 0) is 33.1 Å². The number of benzene rings is 2. The zero-order valence-corrected chi connectivity index (χ0v) is 19.4. The molecule has 0 fully saturated rings. The summed E-state index contributed by atoms with van der Waals surface area (Å²) in [6.07, 6.45) is -0.308. The van der Waals surface area contributed by atoms with Gasteiger partial charge in [-0.3, -0.25) is 15.1 Å². The molecule has 9 nitrogen and oxygen atoms in total. The van der Waals surface area contributed by atoms with Crippen molar-refractivity contribution in [1.29, 1.82) is 0 Å². The van der Waals surface area contributed by atoms with E-state index in [2.05, 4.69) is 26.7 Å². The van der Waals surface area contributed by atoms with E-state index in [-0.39, 0.29) is 13.0 Å². The number of rotatable bonds is 9. The van der Waals surface area contributed by atoms with E-state index in [1.54, 1.807) is 54.6 Å². The van der Waals surface area contributed by atoms with E-state index in [0.717, 1.165) is 5.56 Å². The van der Waals surface area contributed by atoms with Gasteiger partial charge in [0.25, 0.3) is 0 Å². The molecule has 0 saturated heterocycles. The molecule has 3 N–H and O–H groups in total. The standard InChI is InChI=1S/C23H24BrN3O6/c1-31-22(29)20(18-13-19(24)27-33-18)26-21(28)17(12-15-8-4-2-5-9-15)25-23(30)32-14-16-10-6-3-7-11-16/h2-11,13,17-18,20,27H,12,14H2,1H3,(H,25,30)(H,26,28)/t17-,18?,20?/m0/s1/i/hD. The molecular formula is C23H24BrN3O6. The highest BCUT2D eigenvalue weighted by Gasteiger charge is 2.36. The van der Waals surface area contributed by atoms with Crippen LogP contribution in [0.4, 0.5) is 4.79 Å². The fraction of sp³-hybridized carbons (Fsp3) is 0.261. The Morgan fingerprint density at radius 1 is 1.12 bits per heavy atom. The minimum atomic E-state index is -1.29. The molecule has 0 spiro atoms. The Hall–Kier alpha value is -3.37. The maximum Gasteiger partial charge on any atom is 0.408 e. The van der Waals surface area contributed by atoms with Gasteiger partial charge >= 0.3 is 12.1 Å². The van der Waals surface area contributed by atoms with Gasteiger partial charge in [-0.25, -0.2) is 9.59 Å². The summed E-state index contributed by atoms with van der Waals surface area (Å²) in [7, 11) is 1.18. The largest absolute Gasteiger partial charge is 0.467 e. The van der Waals surface area contributed by atoms with Gasteiger partial charge < -0.3 is 20.1 Å². The first kappa shape index (κ1) is 22.8. The maximum atomic E-state index is 13.2. The molecule has 0 aliphatic carbocycles. The summed E-state index contributed by atoms with van der Waals surface area (Å²) in [6, 6.07) is 15.4. The molecule has 2 amide bonds. The summed E-state index contributed by atoms with van der Waals surface area (Å²) >= 11 is 3.20. The van der Waals surface area contributed by atoms with Crippen molar-refractivity contribution < 1.29 is 30.1 Å². The third kappa shape index (κ3) is 7.33. The van der Waals surface area contributed by atoms with Crippen LogP contribution in [-0.4, -0.2) is 43.3 Å². The van der Waals surface area contributed by atoms with E-state index >= 15 is 0 Å². The molecule has 1 aliphatic heterocycles. The summed E-state index contributed by atoms with van der Waals surface area (Å²) in [6.45, 7) is -0.0556. The van der Waals surface area contributed by atoms with E-state index in [9.17, 15) is 14.4 Å². The molecule has 2 aromatic carbocycles. The van der Waals surface area contributed by atoms with E-state index < -0.39 is 36.2 Å². The van der Waals surface area contributed by atoms with Crippen molar-refractivity contribution in [2.75, 3.05) is 7.11 Å². The minimum Gasteiger partial charge on any atom is -0.467 e. The molecule has 0 saturated carbocycles. The first-order chi connectivity index (χ1) is 16.4. The van der Waals surface area contributed by atoms with E-state index in [0.29, 0.717) is 15.5 Å². The van der Waals surface area contributed by atoms with Crippen LogP contribution in [0.1, 0.15) is 11.1 Å². The average molecular weight is 519 g/mol. The number of alkyl carbamates (subject to hydrolysis) is 1. The summed E-state index contributed by atoms with van der Waals surface area (Å²) < 4.78 is 18.8. The highest BCUT2D eigenvalue weighted by molar-refractivity contribution is 9.11. The second-order valence-electron chi connectivity index (χ2n) is 7.08. The van der Waals surface area contributed by atoms with Crippen molar-refractivity contribution in [3.05, 3.63) is 82.5 Å². The molecule has 2 aromatic rings. The Bertz CT molecular complexity index is 1020. The first-order valence-corrected chi connectivity index (χ1v) is 10.9. The van der Waals surface area contributed by atoms with Gasteiger partial charge in [0.2, 0.25) is 5.91 Å². The quantitative estimate of drug-likeness (QED) is 0.344. The first-order valence-electron chi connectivity index (χ1n) is 10.5. The summed E-state index contributed by atoms with van der Waals surface area (Å²) in [5, 5.41) is 3.02. The van der Waals surface area contributed by atoms with Crippen molar-refractivity contribution in [2.24, 2.45) is 0 Å². The van der Waals surface area contributed by atoms with Crippen molar-refractivity contribution in [1.82, 2.24) is 16.1 Å². The average Bonchev–Trinajstić information content (AvgIpc) is 3.30. The van der Waals surface area contributed by atoms with Crippen LogP contribution in [0.5, 0.6) is 0 Å². The number of carbonyl (C=O) groups is 3. The van der Waals surface area contributed by atoms with Gasteiger partial charge in [0, 0.05) is 6.42 Å². The van der Waals surface area contributed by atoms with E-state index in [4.69, 9.17) is 15.7 Å². The lowest BCUT2D eigenvalue weighted by Gasteiger charge is -2.24. The fourth-order valence-corrected chi connectivity index (χ4v) is 3.42. The zero-order valence-electron chi connectivity index (χ0n) is 18.8. The van der Waals surface area contributed by atoms with Crippen LogP contribution in [0.2, 0.25) is 1.41 Å². The number of hydroxylamine groups is 1. The lowest BCUT2D eigenvalue weighted by molar-refractivity contribution is -0.149. The molecule has 0 aromatic heterocycles. The van der Waals surface area contributed by atoms with Gasteiger partial charge in [0.1, 0.15) is 23.4 Å². The minimum absolute atomic E-state index is 0.0216. The molecule has 1 heterocycles. The predicted octanol–water partition coefficient (Wildman–Crippen LogP) is 2.32. The number of carbonyl (C=O) groups excluding carboxylic acids is 3. The molecule has 0 radical (unpaired) electrons. The van der Waals surface area contributed by atoms with Crippen LogP contribution >= 0.6 is 15.9 Å². The number of hydrogen-bond donors (Lipinski definition) is 3. The summed E-state index contributed by atoms with van der Waals surface area (Å²) in [5.74, 6) is -1.49. The molecule has 33 heavy (non-hydrogen) atoms. The van der Waals surface area contributed by atoms with E-state index in [1.807, 2.05) is 12.1 Å². The number of amides is 2. The normalized spacial score (nSPS) is 17.0. The third-order valence-electron chi connectivity index (χ3n) is 4.73. The van der Waals surface area contributed by atoms with Crippen molar-refractivity contribution in [3.63, 3.8) is 0 Å². The number of methoxy groups -OCH3 is 1. The summed E-state index contributed by atoms with van der Waals surface area (Å²) in [5.41, 5.74) is 3.99. The van der Waals surface area contributed by atoms with Crippen LogP contribution in [0, 0.1) is 0 Å². The van der Waals surface area contributed by atoms with Crippen molar-refractivity contribution in [2.45, 2.75) is 31.2 Å². The number of esters is 1. The van der Waals surface area contributed by atoms with Crippen LogP contribution in [0.3, 0.4) is 0 Å². The number of halogens is 1. The lowest BCUT2D eigenvalue weighted by atomic mass is 10.0. The molecule has 0 bridgehead atoms. The number of nitrogens with one attached hydrogen (secondary N) is 3. The number of ether oxygens (including phenoxy) is 2. The van der Waals surface area contributed by atoms with Crippen LogP contribution in [0.15, 0.2) is 71.3 Å². The molecule has 1 aliphatic rings. The van der Waals surface area contributed by atoms with Crippen LogP contribution in [-0.2, 0) is 36.9 Å². The molecule has 2 unspecified atom stereocenters. The highest BCUT2D eigenvalue weighted by Crippen LogP contribution is 2.16. The van der Waals surface area contributed by atoms with E-state index in [1.165, 1.54) is 7.11 Å². The smallest absolute Gasteiger partial charge is 0.408 e. The van der Waals surface area contributed by atoms with Gasteiger partial charge in [-0.1, -0.05) is 60.7 Å². The molecule has 3 rings (SSSR count). The zero-order chi connectivity index (χ0) is 24.5. The Kier molecular flexibility index (Phi) is 8.31. The van der Waals surface area contributed by atoms with Gasteiger partial charge in [0.15, 0.2) is 7.45 Å². The van der Waals surface area contributed by atoms with Crippen LogP contribution < -0.4 is 16.1 Å². The maximum absolute atomic E-state index is 13.2. The van der Waals surface area contributed by atoms with Gasteiger partial charge in [0.05, 0.1) is 7.11 Å². The molecular weight excluding hydrogens is 494 g/mol. The number of hydrogen-bond acceptors (Lipinski definition) is 7. The highest BCUT2D eigenvalue weighted by atomic mass is 79.9. The third-order valence-corrected chi connectivity index (χ3v) is 5.15. The van der Waals surface area contributed by atoms with Gasteiger partial charge in [-0.2, -0.15) is 0 Å². The Morgan fingerprint density at radius 2 is 1.76 bits per heavy atom. The Balaban J connectivity index is 1.77. The van der Waals surface area contributed by atoms with Crippen molar-refractivity contribution >= 4 is 33.9 Å². The summed E-state index contributed by atoms with van der Waals surface area (Å²) in [4.78, 5) is 43.5.